The van der Waals surface area contributed by atoms with Crippen molar-refractivity contribution in [2.45, 2.75) is 51.7 Å². The zero-order valence-corrected chi connectivity index (χ0v) is 10.8. The molecule has 2 heterocycles. The molecule has 2 rings (SSSR count). The van der Waals surface area contributed by atoms with Gasteiger partial charge in [-0.3, -0.25) is 4.90 Å². The molecule has 96 valence electrons. The van der Waals surface area contributed by atoms with Crippen LogP contribution in [-0.4, -0.2) is 38.8 Å². The number of piperidine rings is 1. The van der Waals surface area contributed by atoms with Gasteiger partial charge in [-0.25, -0.2) is 0 Å². The summed E-state index contributed by atoms with van der Waals surface area (Å²) >= 11 is 0. The average Bonchev–Trinajstić information content (AvgIpc) is 2.64. The van der Waals surface area contributed by atoms with Crippen LogP contribution in [0.3, 0.4) is 0 Å². The molecule has 1 aliphatic heterocycles. The first-order valence-electron chi connectivity index (χ1n) is 6.23. The standard InChI is InChI=1S/C12H21N3O2/c1-9(2)11-13-10(14-17-11)7-15-6-4-5-12(3,16)8-15/h9,16H,4-8H2,1-3H3. The predicted octanol–water partition coefficient (Wildman–Crippen LogP) is 1.54. The largest absolute Gasteiger partial charge is 0.389 e. The van der Waals surface area contributed by atoms with E-state index < -0.39 is 5.60 Å². The van der Waals surface area contributed by atoms with Crippen molar-refractivity contribution in [1.82, 2.24) is 15.0 Å². The van der Waals surface area contributed by atoms with Gasteiger partial charge in [0.15, 0.2) is 5.82 Å². The molecule has 5 heteroatoms. The van der Waals surface area contributed by atoms with E-state index in [0.29, 0.717) is 24.8 Å². The van der Waals surface area contributed by atoms with Crippen molar-refractivity contribution in [2.24, 2.45) is 0 Å². The van der Waals surface area contributed by atoms with Crippen molar-refractivity contribution in [1.29, 1.82) is 0 Å². The minimum Gasteiger partial charge on any atom is -0.389 e. The Morgan fingerprint density at radius 1 is 1.53 bits per heavy atom. The third kappa shape index (κ3) is 3.26. The van der Waals surface area contributed by atoms with E-state index in [4.69, 9.17) is 4.52 Å². The van der Waals surface area contributed by atoms with Gasteiger partial charge in [0.2, 0.25) is 5.89 Å². The Morgan fingerprint density at radius 3 is 2.88 bits per heavy atom. The molecule has 1 fully saturated rings. The fraction of sp³-hybridized carbons (Fsp3) is 0.833. The highest BCUT2D eigenvalue weighted by atomic mass is 16.5. The summed E-state index contributed by atoms with van der Waals surface area (Å²) in [5, 5.41) is 14.0. The maximum atomic E-state index is 10.0. The molecule has 1 aromatic heterocycles. The first kappa shape index (κ1) is 12.5. The lowest BCUT2D eigenvalue weighted by Crippen LogP contribution is -2.45. The van der Waals surface area contributed by atoms with E-state index in [1.807, 2.05) is 20.8 Å². The molecular weight excluding hydrogens is 218 g/mol. The van der Waals surface area contributed by atoms with Gasteiger partial charge in [-0.2, -0.15) is 4.98 Å². The van der Waals surface area contributed by atoms with Crippen LogP contribution in [0, 0.1) is 0 Å². The summed E-state index contributed by atoms with van der Waals surface area (Å²) in [5.41, 5.74) is -0.580. The van der Waals surface area contributed by atoms with Crippen LogP contribution in [0.15, 0.2) is 4.52 Å². The van der Waals surface area contributed by atoms with Gasteiger partial charge in [-0.15, -0.1) is 0 Å². The second-order valence-corrected chi connectivity index (χ2v) is 5.51. The van der Waals surface area contributed by atoms with E-state index in [9.17, 15) is 5.11 Å². The van der Waals surface area contributed by atoms with Crippen LogP contribution in [0.4, 0.5) is 0 Å². The lowest BCUT2D eigenvalue weighted by Gasteiger charge is -2.36. The quantitative estimate of drug-likeness (QED) is 0.867. The lowest BCUT2D eigenvalue weighted by atomic mass is 9.95. The Hall–Kier alpha value is -0.940. The molecule has 0 bridgehead atoms. The fourth-order valence-corrected chi connectivity index (χ4v) is 2.22. The monoisotopic (exact) mass is 239 g/mol. The summed E-state index contributed by atoms with van der Waals surface area (Å²) in [5.74, 6) is 1.66. The molecule has 0 amide bonds. The van der Waals surface area contributed by atoms with Gasteiger partial charge < -0.3 is 9.63 Å². The molecular formula is C12H21N3O2. The van der Waals surface area contributed by atoms with Crippen molar-refractivity contribution in [3.63, 3.8) is 0 Å². The van der Waals surface area contributed by atoms with E-state index in [1.165, 1.54) is 0 Å². The lowest BCUT2D eigenvalue weighted by molar-refractivity contribution is -0.0190. The molecule has 0 aliphatic carbocycles. The Labute approximate surface area is 102 Å². The highest BCUT2D eigenvalue weighted by Gasteiger charge is 2.29. The van der Waals surface area contributed by atoms with Gasteiger partial charge in [0.25, 0.3) is 0 Å². The topological polar surface area (TPSA) is 62.4 Å². The predicted molar refractivity (Wildman–Crippen MR) is 63.5 cm³/mol. The van der Waals surface area contributed by atoms with E-state index in [1.54, 1.807) is 0 Å². The molecule has 0 radical (unpaired) electrons. The minimum atomic E-state index is -0.580. The maximum absolute atomic E-state index is 10.0. The number of nitrogens with zero attached hydrogens (tertiary/aromatic N) is 3. The Balaban J connectivity index is 1.95. The second kappa shape index (κ2) is 4.74. The molecule has 1 aliphatic rings. The Kier molecular flexibility index (Phi) is 3.49. The summed E-state index contributed by atoms with van der Waals surface area (Å²) < 4.78 is 5.17. The number of β-amino-alcohol motifs (C(OH)–C–C–N with tert-alkyl or cyclic N) is 1. The molecule has 17 heavy (non-hydrogen) atoms. The van der Waals surface area contributed by atoms with Gasteiger partial charge in [0.05, 0.1) is 12.1 Å². The molecule has 1 aromatic rings. The molecule has 1 N–H and O–H groups in total. The average molecular weight is 239 g/mol. The van der Waals surface area contributed by atoms with Crippen LogP contribution in [0.25, 0.3) is 0 Å². The Bertz CT molecular complexity index is 374. The van der Waals surface area contributed by atoms with E-state index >= 15 is 0 Å². The third-order valence-corrected chi connectivity index (χ3v) is 3.10. The number of hydrogen-bond donors (Lipinski definition) is 1. The van der Waals surface area contributed by atoms with Crippen molar-refractivity contribution in [2.75, 3.05) is 13.1 Å². The van der Waals surface area contributed by atoms with Gasteiger partial charge >= 0.3 is 0 Å². The molecule has 0 aromatic carbocycles. The molecule has 1 saturated heterocycles. The number of likely N-dealkylation sites (tertiary alicyclic amines) is 1. The smallest absolute Gasteiger partial charge is 0.229 e. The van der Waals surface area contributed by atoms with Crippen LogP contribution in [0.5, 0.6) is 0 Å². The van der Waals surface area contributed by atoms with Crippen LogP contribution in [-0.2, 0) is 6.54 Å². The third-order valence-electron chi connectivity index (χ3n) is 3.10. The SMILES string of the molecule is CC(C)c1nc(CN2CCCC(C)(O)C2)no1. The van der Waals surface area contributed by atoms with Gasteiger partial charge in [0, 0.05) is 12.5 Å². The number of rotatable bonds is 3. The zero-order valence-electron chi connectivity index (χ0n) is 10.8. The molecule has 1 atom stereocenters. The van der Waals surface area contributed by atoms with Crippen LogP contribution < -0.4 is 0 Å². The summed E-state index contributed by atoms with van der Waals surface area (Å²) in [6.07, 6.45) is 1.88. The van der Waals surface area contributed by atoms with Crippen LogP contribution in [0.1, 0.15) is 51.2 Å². The number of hydrogen-bond acceptors (Lipinski definition) is 5. The molecule has 0 saturated carbocycles. The Morgan fingerprint density at radius 2 is 2.29 bits per heavy atom. The van der Waals surface area contributed by atoms with E-state index in [-0.39, 0.29) is 5.92 Å². The van der Waals surface area contributed by atoms with Crippen molar-refractivity contribution < 1.29 is 9.63 Å². The second-order valence-electron chi connectivity index (χ2n) is 5.51. The highest BCUT2D eigenvalue weighted by molar-refractivity contribution is 4.92. The first-order chi connectivity index (χ1) is 7.96. The van der Waals surface area contributed by atoms with Gasteiger partial charge in [-0.1, -0.05) is 19.0 Å². The summed E-state index contributed by atoms with van der Waals surface area (Å²) in [6.45, 7) is 8.27. The van der Waals surface area contributed by atoms with Crippen LogP contribution >= 0.6 is 0 Å². The molecule has 0 spiro atoms. The first-order valence-corrected chi connectivity index (χ1v) is 6.23. The number of aliphatic hydroxyl groups is 1. The van der Waals surface area contributed by atoms with Crippen LogP contribution in [0.2, 0.25) is 0 Å². The van der Waals surface area contributed by atoms with Crippen molar-refractivity contribution in [3.05, 3.63) is 11.7 Å². The van der Waals surface area contributed by atoms with Gasteiger partial charge in [-0.05, 0) is 26.3 Å². The summed E-state index contributed by atoms with van der Waals surface area (Å²) in [7, 11) is 0. The maximum Gasteiger partial charge on any atom is 0.229 e. The molecule has 5 nitrogen and oxygen atoms in total. The van der Waals surface area contributed by atoms with E-state index in [2.05, 4.69) is 15.0 Å². The summed E-state index contributed by atoms with van der Waals surface area (Å²) in [4.78, 5) is 6.53. The fourth-order valence-electron chi connectivity index (χ4n) is 2.22. The van der Waals surface area contributed by atoms with E-state index in [0.717, 1.165) is 19.4 Å². The summed E-state index contributed by atoms with van der Waals surface area (Å²) in [6, 6.07) is 0. The number of aromatic nitrogens is 2. The van der Waals surface area contributed by atoms with Crippen molar-refractivity contribution in [3.8, 4) is 0 Å². The molecule has 1 unspecified atom stereocenters. The van der Waals surface area contributed by atoms with Gasteiger partial charge in [0.1, 0.15) is 0 Å². The minimum absolute atomic E-state index is 0.265. The van der Waals surface area contributed by atoms with Crippen molar-refractivity contribution >= 4 is 0 Å². The zero-order chi connectivity index (χ0) is 12.5. The normalized spacial score (nSPS) is 26.6. The highest BCUT2D eigenvalue weighted by Crippen LogP contribution is 2.21.